The third-order valence-corrected chi connectivity index (χ3v) is 6.05. The van der Waals surface area contributed by atoms with E-state index in [0.29, 0.717) is 29.9 Å². The first-order chi connectivity index (χ1) is 16.1. The Morgan fingerprint density at radius 1 is 0.879 bits per heavy atom. The Morgan fingerprint density at radius 3 is 2.45 bits per heavy atom. The van der Waals surface area contributed by atoms with Crippen LogP contribution in [0.25, 0.3) is 22.3 Å². The Morgan fingerprint density at radius 2 is 1.67 bits per heavy atom. The van der Waals surface area contributed by atoms with Gasteiger partial charge >= 0.3 is 0 Å². The molecule has 0 aliphatic carbocycles. The summed E-state index contributed by atoms with van der Waals surface area (Å²) in [5.74, 6) is 2.41. The van der Waals surface area contributed by atoms with Gasteiger partial charge in [0.2, 0.25) is 0 Å². The van der Waals surface area contributed by atoms with Crippen molar-refractivity contribution in [2.45, 2.75) is 39.7 Å². The van der Waals surface area contributed by atoms with Crippen LogP contribution in [0, 0.1) is 13.8 Å². The Kier molecular flexibility index (Phi) is 7.08. The quantitative estimate of drug-likeness (QED) is 0.301. The molecular formula is C28H30N2O3. The molecule has 0 bridgehead atoms. The molecule has 5 heteroatoms. The Bertz CT molecular complexity index is 1290. The van der Waals surface area contributed by atoms with Gasteiger partial charge in [0, 0.05) is 12.1 Å². The van der Waals surface area contributed by atoms with Gasteiger partial charge < -0.3 is 9.47 Å². The maximum Gasteiger partial charge on any atom is 0.261 e. The number of ether oxygens (including phenoxy) is 2. The van der Waals surface area contributed by atoms with Crippen LogP contribution in [0.2, 0.25) is 0 Å². The standard InChI is InChI=1S/C28H30N2O3/c1-20-10-9-13-26(21(20)2)33-19-8-4-7-18-30-27(22-14-16-23(32-3)17-15-22)29-25-12-6-5-11-24(25)28(30)31/h5-6,9-17H,4,7-8,18-19H2,1-3H3. The van der Waals surface area contributed by atoms with E-state index in [4.69, 9.17) is 14.5 Å². The average molecular weight is 443 g/mol. The second-order valence-corrected chi connectivity index (χ2v) is 8.25. The number of benzene rings is 3. The van der Waals surface area contributed by atoms with Gasteiger partial charge in [0.15, 0.2) is 0 Å². The third kappa shape index (κ3) is 5.08. The number of methoxy groups -OCH3 is 1. The lowest BCUT2D eigenvalue weighted by molar-refractivity contribution is 0.301. The third-order valence-electron chi connectivity index (χ3n) is 6.05. The van der Waals surface area contributed by atoms with Gasteiger partial charge in [0.05, 0.1) is 24.6 Å². The van der Waals surface area contributed by atoms with Gasteiger partial charge in [-0.2, -0.15) is 0 Å². The number of aromatic nitrogens is 2. The van der Waals surface area contributed by atoms with Gasteiger partial charge in [0.25, 0.3) is 5.56 Å². The molecule has 0 spiro atoms. The zero-order chi connectivity index (χ0) is 23.2. The first kappa shape index (κ1) is 22.6. The molecule has 4 rings (SSSR count). The van der Waals surface area contributed by atoms with Crippen LogP contribution < -0.4 is 15.0 Å². The lowest BCUT2D eigenvalue weighted by atomic mass is 10.1. The fourth-order valence-electron chi connectivity index (χ4n) is 3.95. The highest BCUT2D eigenvalue weighted by Gasteiger charge is 2.13. The van der Waals surface area contributed by atoms with E-state index in [1.807, 2.05) is 60.7 Å². The average Bonchev–Trinajstić information content (AvgIpc) is 2.85. The fourth-order valence-corrected chi connectivity index (χ4v) is 3.95. The normalized spacial score (nSPS) is 11.0. The SMILES string of the molecule is COc1ccc(-c2nc3ccccc3c(=O)n2CCCCCOc2cccc(C)c2C)cc1. The number of hydrogen-bond acceptors (Lipinski definition) is 4. The van der Waals surface area contributed by atoms with Gasteiger partial charge in [-0.25, -0.2) is 4.98 Å². The smallest absolute Gasteiger partial charge is 0.261 e. The van der Waals surface area contributed by atoms with E-state index in [1.54, 1.807) is 11.7 Å². The van der Waals surface area contributed by atoms with Gasteiger partial charge in [-0.3, -0.25) is 9.36 Å². The topological polar surface area (TPSA) is 53.3 Å². The summed E-state index contributed by atoms with van der Waals surface area (Å²) in [6.07, 6.45) is 2.77. The second-order valence-electron chi connectivity index (χ2n) is 8.25. The van der Waals surface area contributed by atoms with Crippen molar-refractivity contribution in [1.29, 1.82) is 0 Å². The summed E-state index contributed by atoms with van der Waals surface area (Å²) < 4.78 is 13.1. The highest BCUT2D eigenvalue weighted by atomic mass is 16.5. The van der Waals surface area contributed by atoms with Crippen molar-refractivity contribution in [2.75, 3.05) is 13.7 Å². The minimum Gasteiger partial charge on any atom is -0.497 e. The number of nitrogens with zero attached hydrogens (tertiary/aromatic N) is 2. The van der Waals surface area contributed by atoms with Crippen LogP contribution in [-0.4, -0.2) is 23.3 Å². The molecule has 33 heavy (non-hydrogen) atoms. The van der Waals surface area contributed by atoms with E-state index in [0.717, 1.165) is 36.3 Å². The van der Waals surface area contributed by atoms with Crippen molar-refractivity contribution in [1.82, 2.24) is 9.55 Å². The maximum atomic E-state index is 13.3. The fraction of sp³-hybridized carbons (Fsp3) is 0.286. The molecule has 5 nitrogen and oxygen atoms in total. The molecule has 170 valence electrons. The molecule has 0 amide bonds. The lowest BCUT2D eigenvalue weighted by Crippen LogP contribution is -2.23. The summed E-state index contributed by atoms with van der Waals surface area (Å²) in [5.41, 5.74) is 4.04. The van der Waals surface area contributed by atoms with Crippen molar-refractivity contribution in [3.8, 4) is 22.9 Å². The molecule has 4 aromatic rings. The summed E-state index contributed by atoms with van der Waals surface area (Å²) >= 11 is 0. The number of hydrogen-bond donors (Lipinski definition) is 0. The van der Waals surface area contributed by atoms with E-state index in [9.17, 15) is 4.79 Å². The molecule has 0 N–H and O–H groups in total. The number of rotatable bonds is 9. The van der Waals surface area contributed by atoms with Gasteiger partial charge in [0.1, 0.15) is 17.3 Å². The van der Waals surface area contributed by atoms with Crippen molar-refractivity contribution in [2.24, 2.45) is 0 Å². The van der Waals surface area contributed by atoms with Crippen molar-refractivity contribution in [3.63, 3.8) is 0 Å². The van der Waals surface area contributed by atoms with Crippen LogP contribution >= 0.6 is 0 Å². The molecule has 0 radical (unpaired) electrons. The Labute approximate surface area is 194 Å². The van der Waals surface area contributed by atoms with Crippen LogP contribution in [0.4, 0.5) is 0 Å². The van der Waals surface area contributed by atoms with Gasteiger partial charge in [-0.15, -0.1) is 0 Å². The highest BCUT2D eigenvalue weighted by Crippen LogP contribution is 2.23. The lowest BCUT2D eigenvalue weighted by Gasteiger charge is -2.14. The molecule has 0 atom stereocenters. The minimum absolute atomic E-state index is 0.00180. The molecule has 0 saturated carbocycles. The molecular weight excluding hydrogens is 412 g/mol. The number of aryl methyl sites for hydroxylation is 1. The number of fused-ring (bicyclic) bond motifs is 1. The van der Waals surface area contributed by atoms with E-state index in [2.05, 4.69) is 19.9 Å². The predicted molar refractivity (Wildman–Crippen MR) is 133 cm³/mol. The predicted octanol–water partition coefficient (Wildman–Crippen LogP) is 5.94. The molecule has 0 saturated heterocycles. The van der Waals surface area contributed by atoms with E-state index in [-0.39, 0.29) is 5.56 Å². The zero-order valence-electron chi connectivity index (χ0n) is 19.5. The summed E-state index contributed by atoms with van der Waals surface area (Å²) in [7, 11) is 1.64. The zero-order valence-corrected chi connectivity index (χ0v) is 19.5. The van der Waals surface area contributed by atoms with Gasteiger partial charge in [-0.05, 0) is 86.7 Å². The largest absolute Gasteiger partial charge is 0.497 e. The molecule has 0 aliphatic rings. The van der Waals surface area contributed by atoms with Crippen LogP contribution in [0.5, 0.6) is 11.5 Å². The molecule has 1 heterocycles. The van der Waals surface area contributed by atoms with Crippen molar-refractivity contribution < 1.29 is 9.47 Å². The summed E-state index contributed by atoms with van der Waals surface area (Å²) in [5, 5.41) is 0.646. The van der Waals surface area contributed by atoms with Gasteiger partial charge in [-0.1, -0.05) is 24.3 Å². The molecule has 1 aromatic heterocycles. The molecule has 0 aliphatic heterocycles. The van der Waals surface area contributed by atoms with E-state index in [1.165, 1.54) is 11.1 Å². The summed E-state index contributed by atoms with van der Waals surface area (Å²) in [6, 6.07) is 21.3. The molecule has 0 fully saturated rings. The number of para-hydroxylation sites is 1. The number of unbranched alkanes of at least 4 members (excludes halogenated alkanes) is 2. The van der Waals surface area contributed by atoms with E-state index >= 15 is 0 Å². The second kappa shape index (κ2) is 10.3. The highest BCUT2D eigenvalue weighted by molar-refractivity contribution is 5.79. The first-order valence-electron chi connectivity index (χ1n) is 11.4. The Balaban J connectivity index is 1.47. The molecule has 0 unspecified atom stereocenters. The van der Waals surface area contributed by atoms with Crippen LogP contribution in [0.1, 0.15) is 30.4 Å². The first-order valence-corrected chi connectivity index (χ1v) is 11.4. The van der Waals surface area contributed by atoms with Crippen molar-refractivity contribution in [3.05, 3.63) is 88.2 Å². The maximum absolute atomic E-state index is 13.3. The summed E-state index contributed by atoms with van der Waals surface area (Å²) in [4.78, 5) is 18.1. The minimum atomic E-state index is -0.00180. The summed E-state index contributed by atoms with van der Waals surface area (Å²) in [6.45, 7) is 5.46. The monoisotopic (exact) mass is 442 g/mol. The van der Waals surface area contributed by atoms with Crippen molar-refractivity contribution >= 4 is 10.9 Å². The van der Waals surface area contributed by atoms with Crippen LogP contribution in [-0.2, 0) is 6.54 Å². The Hall–Kier alpha value is -3.60. The van der Waals surface area contributed by atoms with Crippen LogP contribution in [0.15, 0.2) is 71.5 Å². The molecule has 3 aromatic carbocycles. The van der Waals surface area contributed by atoms with E-state index < -0.39 is 0 Å². The van der Waals surface area contributed by atoms with Crippen LogP contribution in [0.3, 0.4) is 0 Å².